The molecule has 2 heterocycles. The van der Waals surface area contributed by atoms with Gasteiger partial charge in [-0.3, -0.25) is 0 Å². The summed E-state index contributed by atoms with van der Waals surface area (Å²) in [7, 11) is 0. The first kappa shape index (κ1) is 31.5. The van der Waals surface area contributed by atoms with Crippen LogP contribution in [0.3, 0.4) is 0 Å². The molecular formula is C51H31N3S. The van der Waals surface area contributed by atoms with Crippen LogP contribution in [0.2, 0.25) is 0 Å². The molecule has 0 bridgehead atoms. The van der Waals surface area contributed by atoms with Crippen molar-refractivity contribution in [2.45, 2.75) is 0 Å². The lowest BCUT2D eigenvalue weighted by Crippen LogP contribution is -2.00. The number of nitrogens with zero attached hydrogens (tertiary/aromatic N) is 3. The number of hydrogen-bond donors (Lipinski definition) is 0. The molecule has 0 atom stereocenters. The van der Waals surface area contributed by atoms with E-state index < -0.39 is 0 Å². The normalized spacial score (nSPS) is 11.6. The maximum atomic E-state index is 4.97. The summed E-state index contributed by atoms with van der Waals surface area (Å²) in [4.78, 5) is 14.8. The Morgan fingerprint density at radius 1 is 0.273 bits per heavy atom. The van der Waals surface area contributed by atoms with Crippen molar-refractivity contribution < 1.29 is 0 Å². The Bertz CT molecular complexity index is 3180. The van der Waals surface area contributed by atoms with E-state index in [4.69, 9.17) is 15.0 Å². The van der Waals surface area contributed by atoms with Crippen molar-refractivity contribution in [1.29, 1.82) is 0 Å². The maximum Gasteiger partial charge on any atom is 0.164 e. The second-order valence-electron chi connectivity index (χ2n) is 14.0. The van der Waals surface area contributed by atoms with Gasteiger partial charge in [0.15, 0.2) is 17.5 Å². The molecule has 0 saturated heterocycles. The Morgan fingerprint density at radius 3 is 1.40 bits per heavy atom. The van der Waals surface area contributed by atoms with Crippen molar-refractivity contribution in [2.75, 3.05) is 0 Å². The molecule has 2 aromatic heterocycles. The van der Waals surface area contributed by atoms with Crippen LogP contribution in [0.25, 0.3) is 109 Å². The zero-order valence-corrected chi connectivity index (χ0v) is 30.5. The van der Waals surface area contributed by atoms with Gasteiger partial charge < -0.3 is 0 Å². The molecule has 0 fully saturated rings. The van der Waals surface area contributed by atoms with E-state index in [1.165, 1.54) is 69.2 Å². The number of aromatic nitrogens is 3. The first-order valence-corrected chi connectivity index (χ1v) is 19.3. The lowest BCUT2D eigenvalue weighted by Gasteiger charge is -2.16. The molecule has 0 aliphatic carbocycles. The molecule has 11 aromatic rings. The predicted octanol–water partition coefficient (Wildman–Crippen LogP) is 14.0. The van der Waals surface area contributed by atoms with Crippen LogP contribution in [0, 0.1) is 0 Å². The molecule has 55 heavy (non-hydrogen) atoms. The zero-order chi connectivity index (χ0) is 36.3. The summed E-state index contributed by atoms with van der Waals surface area (Å²) in [5, 5.41) is 10.2. The summed E-state index contributed by atoms with van der Waals surface area (Å²) < 4.78 is 2.64. The highest BCUT2D eigenvalue weighted by Gasteiger charge is 2.16. The summed E-state index contributed by atoms with van der Waals surface area (Å²) in [6, 6.07) is 67.0. The topological polar surface area (TPSA) is 38.7 Å². The van der Waals surface area contributed by atoms with Crippen LogP contribution in [0.5, 0.6) is 0 Å². The van der Waals surface area contributed by atoms with Crippen LogP contribution in [-0.2, 0) is 0 Å². The Balaban J connectivity index is 1.05. The number of benzene rings is 9. The highest BCUT2D eigenvalue weighted by molar-refractivity contribution is 7.25. The molecule has 0 spiro atoms. The molecule has 0 N–H and O–H groups in total. The van der Waals surface area contributed by atoms with Gasteiger partial charge in [0.2, 0.25) is 0 Å². The monoisotopic (exact) mass is 717 g/mol. The largest absolute Gasteiger partial charge is 0.208 e. The minimum absolute atomic E-state index is 0.648. The Hall–Kier alpha value is -7.01. The van der Waals surface area contributed by atoms with E-state index >= 15 is 0 Å². The van der Waals surface area contributed by atoms with Gasteiger partial charge in [-0.1, -0.05) is 170 Å². The highest BCUT2D eigenvalue weighted by atomic mass is 32.1. The lowest BCUT2D eigenvalue weighted by atomic mass is 9.88. The van der Waals surface area contributed by atoms with Crippen LogP contribution < -0.4 is 0 Å². The molecule has 0 radical (unpaired) electrons. The fraction of sp³-hybridized carbons (Fsp3) is 0. The molecule has 4 heteroatoms. The van der Waals surface area contributed by atoms with Gasteiger partial charge in [0.1, 0.15) is 0 Å². The van der Waals surface area contributed by atoms with Crippen molar-refractivity contribution in [3.8, 4) is 56.4 Å². The molecular weight excluding hydrogens is 687 g/mol. The van der Waals surface area contributed by atoms with Crippen molar-refractivity contribution in [2.24, 2.45) is 0 Å². The highest BCUT2D eigenvalue weighted by Crippen LogP contribution is 2.43. The molecule has 0 amide bonds. The van der Waals surface area contributed by atoms with E-state index in [0.717, 1.165) is 22.3 Å². The third kappa shape index (κ3) is 5.38. The maximum absolute atomic E-state index is 4.97. The van der Waals surface area contributed by atoms with Gasteiger partial charge in [0.05, 0.1) is 0 Å². The van der Waals surface area contributed by atoms with Gasteiger partial charge >= 0.3 is 0 Å². The Kier molecular flexibility index (Phi) is 7.35. The fourth-order valence-corrected chi connectivity index (χ4v) is 9.21. The van der Waals surface area contributed by atoms with Crippen molar-refractivity contribution in [3.63, 3.8) is 0 Å². The molecule has 9 aromatic carbocycles. The van der Waals surface area contributed by atoms with E-state index in [2.05, 4.69) is 127 Å². The minimum Gasteiger partial charge on any atom is -0.208 e. The van der Waals surface area contributed by atoms with Gasteiger partial charge in [-0.2, -0.15) is 0 Å². The van der Waals surface area contributed by atoms with E-state index in [1.807, 2.05) is 72.0 Å². The van der Waals surface area contributed by atoms with Crippen LogP contribution >= 0.6 is 11.3 Å². The summed E-state index contributed by atoms with van der Waals surface area (Å²) in [6.07, 6.45) is 0. The van der Waals surface area contributed by atoms with E-state index in [9.17, 15) is 0 Å². The van der Waals surface area contributed by atoms with Crippen molar-refractivity contribution >= 4 is 63.8 Å². The average Bonchev–Trinajstić information content (AvgIpc) is 3.65. The molecule has 3 nitrogen and oxygen atoms in total. The van der Waals surface area contributed by atoms with Crippen molar-refractivity contribution in [3.05, 3.63) is 188 Å². The fourth-order valence-electron chi connectivity index (χ4n) is 8.07. The SMILES string of the molecule is c1ccc(-c2nc(-c3ccccc3)nc(-c3ccc(-c4cccc5c6ccccc6c6cc(-c7ccc8c(c7)sc7ccccc78)ccc6c45)cc3)n2)cc1. The molecule has 0 saturated carbocycles. The number of thiophene rings is 1. The van der Waals surface area contributed by atoms with Gasteiger partial charge in [-0.25, -0.2) is 15.0 Å². The van der Waals surface area contributed by atoms with Crippen LogP contribution in [0.4, 0.5) is 0 Å². The third-order valence-electron chi connectivity index (χ3n) is 10.7. The molecule has 11 rings (SSSR count). The summed E-state index contributed by atoms with van der Waals surface area (Å²) >= 11 is 1.87. The average molecular weight is 718 g/mol. The van der Waals surface area contributed by atoms with E-state index in [0.29, 0.717) is 17.5 Å². The minimum atomic E-state index is 0.648. The Labute approximate surface area is 321 Å². The number of fused-ring (bicyclic) bond motifs is 9. The first-order chi connectivity index (χ1) is 27.2. The quantitative estimate of drug-likeness (QED) is 0.166. The van der Waals surface area contributed by atoms with Crippen LogP contribution in [0.15, 0.2) is 188 Å². The summed E-state index contributed by atoms with van der Waals surface area (Å²) in [5.41, 5.74) is 7.66. The van der Waals surface area contributed by atoms with Gasteiger partial charge in [0, 0.05) is 36.9 Å². The molecule has 0 aliphatic heterocycles. The van der Waals surface area contributed by atoms with Gasteiger partial charge in [-0.05, 0) is 72.8 Å². The smallest absolute Gasteiger partial charge is 0.164 e. The number of hydrogen-bond acceptors (Lipinski definition) is 4. The third-order valence-corrected chi connectivity index (χ3v) is 11.9. The molecule has 0 aliphatic rings. The second-order valence-corrected chi connectivity index (χ2v) is 15.0. The second kappa shape index (κ2) is 12.8. The summed E-state index contributed by atoms with van der Waals surface area (Å²) in [6.45, 7) is 0. The first-order valence-electron chi connectivity index (χ1n) is 18.5. The van der Waals surface area contributed by atoms with Crippen LogP contribution in [0.1, 0.15) is 0 Å². The predicted molar refractivity (Wildman–Crippen MR) is 232 cm³/mol. The summed E-state index contributed by atoms with van der Waals surface area (Å²) in [5.74, 6) is 1.96. The standard InChI is InChI=1S/C51H31N3S/c1-3-12-33(13-4-1)49-52-50(34-14-5-2-6-15-34)54-51(53-49)35-24-22-32(23-25-35)38-19-11-20-43-39-16-7-8-17-40(39)45-30-36(27-29-44(45)48(38)43)37-26-28-42-41-18-9-10-21-46(41)55-47(42)31-37/h1-31H. The van der Waals surface area contributed by atoms with E-state index in [-0.39, 0.29) is 0 Å². The number of rotatable bonds is 5. The molecule has 0 unspecified atom stereocenters. The van der Waals surface area contributed by atoms with E-state index in [1.54, 1.807) is 0 Å². The van der Waals surface area contributed by atoms with Gasteiger partial charge in [0.25, 0.3) is 0 Å². The molecule has 256 valence electrons. The zero-order valence-electron chi connectivity index (χ0n) is 29.6. The Morgan fingerprint density at radius 2 is 0.727 bits per heavy atom. The van der Waals surface area contributed by atoms with Crippen molar-refractivity contribution in [1.82, 2.24) is 15.0 Å². The van der Waals surface area contributed by atoms with Crippen LogP contribution in [-0.4, -0.2) is 15.0 Å². The van der Waals surface area contributed by atoms with Gasteiger partial charge in [-0.15, -0.1) is 11.3 Å². The lowest BCUT2D eigenvalue weighted by molar-refractivity contribution is 1.07.